The molecule has 26 heavy (non-hydrogen) atoms. The van der Waals surface area contributed by atoms with Gasteiger partial charge in [0.05, 0.1) is 12.7 Å². The highest BCUT2D eigenvalue weighted by Crippen LogP contribution is 2.67. The fourth-order valence-electron chi connectivity index (χ4n) is 8.10. The molecule has 0 aromatic heterocycles. The molecular weight excluding hydrogens is 324 g/mol. The van der Waals surface area contributed by atoms with Crippen LogP contribution in [0.3, 0.4) is 0 Å². The minimum atomic E-state index is -0.737. The molecule has 3 nitrogen and oxygen atoms in total. The SMILES string of the molecule is CCCOC1(CO)C[C@@]2(C)C(CC[C@@H]3[C@H]2CC[C@]2(C)CCC[C@@H]32)CC1O. The monoisotopic (exact) mass is 364 g/mol. The van der Waals surface area contributed by atoms with Crippen molar-refractivity contribution in [1.29, 1.82) is 0 Å². The third-order valence-electron chi connectivity index (χ3n) is 9.50. The second-order valence-corrected chi connectivity index (χ2v) is 10.7. The minimum absolute atomic E-state index is 0.0466. The van der Waals surface area contributed by atoms with E-state index in [-0.39, 0.29) is 12.0 Å². The largest absolute Gasteiger partial charge is 0.393 e. The van der Waals surface area contributed by atoms with Gasteiger partial charge in [0.1, 0.15) is 5.60 Å². The molecule has 4 aliphatic carbocycles. The Morgan fingerprint density at radius 1 is 1.04 bits per heavy atom. The van der Waals surface area contributed by atoms with Crippen LogP contribution in [0.15, 0.2) is 0 Å². The average Bonchev–Trinajstić information content (AvgIpc) is 3.02. The highest BCUT2D eigenvalue weighted by molar-refractivity contribution is 5.11. The molecule has 4 fully saturated rings. The summed E-state index contributed by atoms with van der Waals surface area (Å²) in [5, 5.41) is 21.1. The zero-order valence-electron chi connectivity index (χ0n) is 17.2. The van der Waals surface area contributed by atoms with Crippen molar-refractivity contribution < 1.29 is 14.9 Å². The number of hydrogen-bond donors (Lipinski definition) is 2. The van der Waals surface area contributed by atoms with E-state index >= 15 is 0 Å². The molecule has 0 aromatic carbocycles. The molecule has 0 spiro atoms. The lowest BCUT2D eigenvalue weighted by Crippen LogP contribution is -2.62. The van der Waals surface area contributed by atoms with Crippen LogP contribution >= 0.6 is 0 Å². The van der Waals surface area contributed by atoms with Crippen molar-refractivity contribution in [2.45, 2.75) is 96.7 Å². The highest BCUT2D eigenvalue weighted by atomic mass is 16.5. The van der Waals surface area contributed by atoms with Crippen LogP contribution in [0.1, 0.15) is 85.0 Å². The van der Waals surface area contributed by atoms with Gasteiger partial charge in [0, 0.05) is 6.61 Å². The van der Waals surface area contributed by atoms with Crippen LogP contribution in [0, 0.1) is 34.5 Å². The fraction of sp³-hybridized carbons (Fsp3) is 1.00. The molecule has 0 heterocycles. The molecule has 4 saturated carbocycles. The zero-order chi connectivity index (χ0) is 18.6. The van der Waals surface area contributed by atoms with Crippen molar-refractivity contribution in [3.05, 3.63) is 0 Å². The van der Waals surface area contributed by atoms with Crippen molar-refractivity contribution in [3.63, 3.8) is 0 Å². The molecule has 4 aliphatic rings. The predicted octanol–water partition coefficient (Wildman–Crippen LogP) is 4.55. The van der Waals surface area contributed by atoms with Gasteiger partial charge in [-0.05, 0) is 92.3 Å². The van der Waals surface area contributed by atoms with Gasteiger partial charge in [-0.25, -0.2) is 0 Å². The summed E-state index contributed by atoms with van der Waals surface area (Å²) >= 11 is 0. The second kappa shape index (κ2) is 6.74. The van der Waals surface area contributed by atoms with E-state index in [1.807, 2.05) is 0 Å². The van der Waals surface area contributed by atoms with Gasteiger partial charge in [-0.3, -0.25) is 0 Å². The van der Waals surface area contributed by atoms with E-state index in [1.165, 1.54) is 44.9 Å². The van der Waals surface area contributed by atoms with Crippen molar-refractivity contribution in [2.75, 3.05) is 13.2 Å². The topological polar surface area (TPSA) is 49.7 Å². The van der Waals surface area contributed by atoms with Crippen LogP contribution in [-0.2, 0) is 4.74 Å². The first-order chi connectivity index (χ1) is 12.4. The van der Waals surface area contributed by atoms with E-state index in [1.54, 1.807) is 0 Å². The van der Waals surface area contributed by atoms with Crippen LogP contribution in [0.5, 0.6) is 0 Å². The molecule has 0 bridgehead atoms. The van der Waals surface area contributed by atoms with Crippen molar-refractivity contribution in [2.24, 2.45) is 34.5 Å². The van der Waals surface area contributed by atoms with E-state index in [0.29, 0.717) is 17.9 Å². The molecule has 3 unspecified atom stereocenters. The molecule has 3 heteroatoms. The Bertz CT molecular complexity index is 522. The lowest BCUT2D eigenvalue weighted by atomic mass is 9.44. The Hall–Kier alpha value is -0.120. The predicted molar refractivity (Wildman–Crippen MR) is 104 cm³/mol. The third kappa shape index (κ3) is 2.71. The summed E-state index contributed by atoms with van der Waals surface area (Å²) < 4.78 is 6.18. The quantitative estimate of drug-likeness (QED) is 0.769. The highest BCUT2D eigenvalue weighted by Gasteiger charge is 2.62. The average molecular weight is 365 g/mol. The molecule has 0 radical (unpaired) electrons. The first-order valence-corrected chi connectivity index (χ1v) is 11.3. The molecule has 0 aromatic rings. The van der Waals surface area contributed by atoms with Gasteiger partial charge in [-0.2, -0.15) is 0 Å². The van der Waals surface area contributed by atoms with Gasteiger partial charge < -0.3 is 14.9 Å². The smallest absolute Gasteiger partial charge is 0.117 e. The van der Waals surface area contributed by atoms with Crippen LogP contribution in [0.25, 0.3) is 0 Å². The van der Waals surface area contributed by atoms with Crippen LogP contribution in [-0.4, -0.2) is 35.1 Å². The third-order valence-corrected chi connectivity index (χ3v) is 9.50. The minimum Gasteiger partial charge on any atom is -0.393 e. The Morgan fingerprint density at radius 2 is 1.85 bits per heavy atom. The van der Waals surface area contributed by atoms with E-state index in [2.05, 4.69) is 20.8 Å². The Kier molecular flexibility index (Phi) is 4.98. The van der Waals surface area contributed by atoms with E-state index < -0.39 is 11.7 Å². The number of ether oxygens (including phenoxy) is 1. The van der Waals surface area contributed by atoms with Gasteiger partial charge >= 0.3 is 0 Å². The molecule has 0 amide bonds. The fourth-order valence-corrected chi connectivity index (χ4v) is 8.10. The maximum atomic E-state index is 10.9. The first kappa shape index (κ1) is 19.2. The van der Waals surface area contributed by atoms with E-state index in [4.69, 9.17) is 4.74 Å². The number of fused-ring (bicyclic) bond motifs is 5. The van der Waals surface area contributed by atoms with Crippen LogP contribution in [0.4, 0.5) is 0 Å². The number of aliphatic hydroxyl groups excluding tert-OH is 2. The second-order valence-electron chi connectivity index (χ2n) is 10.7. The van der Waals surface area contributed by atoms with Crippen LogP contribution < -0.4 is 0 Å². The van der Waals surface area contributed by atoms with Crippen molar-refractivity contribution >= 4 is 0 Å². The number of hydrogen-bond acceptors (Lipinski definition) is 3. The molecule has 0 aliphatic heterocycles. The lowest BCUT2D eigenvalue weighted by molar-refractivity contribution is -0.230. The normalized spacial score (nSPS) is 53.7. The summed E-state index contributed by atoms with van der Waals surface area (Å²) in [6.07, 6.45) is 11.7. The first-order valence-electron chi connectivity index (χ1n) is 11.3. The maximum absolute atomic E-state index is 10.9. The van der Waals surface area contributed by atoms with Crippen molar-refractivity contribution in [3.8, 4) is 0 Å². The van der Waals surface area contributed by atoms with Gasteiger partial charge in [0.15, 0.2) is 0 Å². The molecular formula is C23H40O3. The Labute approximate surface area is 159 Å². The number of aliphatic hydroxyl groups is 2. The molecule has 4 rings (SSSR count). The van der Waals surface area contributed by atoms with Gasteiger partial charge in [0.25, 0.3) is 0 Å². The molecule has 8 atom stereocenters. The standard InChI is InChI=1S/C23H40O3/c1-4-12-26-23(15-24)14-22(3)16(13-20(23)25)7-8-17-18-6-5-10-21(18,2)11-9-19(17)22/h16-20,24-25H,4-15H2,1-3H3/t16?,17-,18-,19+,20?,21-,22-,23?/m0/s1. The number of rotatable bonds is 4. The van der Waals surface area contributed by atoms with E-state index in [9.17, 15) is 10.2 Å². The summed E-state index contributed by atoms with van der Waals surface area (Å²) in [4.78, 5) is 0. The summed E-state index contributed by atoms with van der Waals surface area (Å²) in [7, 11) is 0. The zero-order valence-corrected chi connectivity index (χ0v) is 17.2. The maximum Gasteiger partial charge on any atom is 0.117 e. The van der Waals surface area contributed by atoms with Crippen LogP contribution in [0.2, 0.25) is 0 Å². The molecule has 150 valence electrons. The summed E-state index contributed by atoms with van der Waals surface area (Å²) in [5.41, 5.74) is 0.0629. The van der Waals surface area contributed by atoms with Gasteiger partial charge in [0.2, 0.25) is 0 Å². The molecule has 0 saturated heterocycles. The summed E-state index contributed by atoms with van der Waals surface area (Å²) in [5.74, 6) is 3.11. The lowest BCUT2D eigenvalue weighted by Gasteiger charge is -2.63. The Morgan fingerprint density at radius 3 is 2.58 bits per heavy atom. The van der Waals surface area contributed by atoms with Crippen molar-refractivity contribution in [1.82, 2.24) is 0 Å². The van der Waals surface area contributed by atoms with Gasteiger partial charge in [-0.15, -0.1) is 0 Å². The van der Waals surface area contributed by atoms with Gasteiger partial charge in [-0.1, -0.05) is 27.2 Å². The summed E-state index contributed by atoms with van der Waals surface area (Å²) in [6, 6.07) is 0. The van der Waals surface area contributed by atoms with E-state index in [0.717, 1.165) is 37.0 Å². The Balaban J connectivity index is 1.62. The molecule has 2 N–H and O–H groups in total. The summed E-state index contributed by atoms with van der Waals surface area (Å²) in [6.45, 7) is 7.73.